The molecule has 0 aromatic carbocycles. The van der Waals surface area contributed by atoms with Gasteiger partial charge in [-0.3, -0.25) is 4.57 Å². The van der Waals surface area contributed by atoms with Crippen LogP contribution in [0.1, 0.15) is 64.2 Å². The lowest BCUT2D eigenvalue weighted by Crippen LogP contribution is -2.44. The Kier molecular flexibility index (Phi) is 4.51. The molecule has 0 heterocycles. The second-order valence-electron chi connectivity index (χ2n) is 6.07. The highest BCUT2D eigenvalue weighted by atomic mass is 31.2. The lowest BCUT2D eigenvalue weighted by Gasteiger charge is -2.43. The Morgan fingerprint density at radius 2 is 1.67 bits per heavy atom. The second kappa shape index (κ2) is 5.60. The first-order valence-corrected chi connectivity index (χ1v) is 8.77. The number of halogens is 1. The molecule has 2 fully saturated rings. The predicted molar refractivity (Wildman–Crippen MR) is 69.3 cm³/mol. The van der Waals surface area contributed by atoms with E-state index in [0.29, 0.717) is 25.2 Å². The van der Waals surface area contributed by atoms with E-state index in [9.17, 15) is 18.7 Å². The minimum absolute atomic E-state index is 0.308. The highest BCUT2D eigenvalue weighted by Gasteiger charge is 2.54. The van der Waals surface area contributed by atoms with Gasteiger partial charge in [-0.2, -0.15) is 0 Å². The van der Waals surface area contributed by atoms with Gasteiger partial charge in [0.1, 0.15) is 11.3 Å². The van der Waals surface area contributed by atoms with E-state index in [2.05, 4.69) is 0 Å². The third-order valence-electron chi connectivity index (χ3n) is 4.85. The lowest BCUT2D eigenvalue weighted by molar-refractivity contribution is 0.125. The molecule has 0 aromatic rings. The summed E-state index contributed by atoms with van der Waals surface area (Å²) in [7, 11) is -4.37. The van der Waals surface area contributed by atoms with Crippen molar-refractivity contribution in [3.8, 4) is 0 Å². The number of rotatable bonds is 3. The molecule has 0 saturated heterocycles. The predicted octanol–water partition coefficient (Wildman–Crippen LogP) is 3.79. The zero-order valence-electron chi connectivity index (χ0n) is 10.9. The lowest BCUT2D eigenvalue weighted by atomic mass is 9.76. The van der Waals surface area contributed by atoms with E-state index in [0.717, 1.165) is 38.5 Å². The summed E-state index contributed by atoms with van der Waals surface area (Å²) < 4.78 is 26.1. The van der Waals surface area contributed by atoms with Crippen LogP contribution < -0.4 is 0 Å². The summed E-state index contributed by atoms with van der Waals surface area (Å²) in [5.41, 5.74) is 0. The van der Waals surface area contributed by atoms with Crippen LogP contribution in [0.25, 0.3) is 0 Å². The molecule has 106 valence electrons. The van der Waals surface area contributed by atoms with Crippen LogP contribution in [-0.4, -0.2) is 21.1 Å². The van der Waals surface area contributed by atoms with Crippen LogP contribution in [0.3, 0.4) is 0 Å². The molecule has 2 rings (SSSR count). The molecule has 0 radical (unpaired) electrons. The van der Waals surface area contributed by atoms with Gasteiger partial charge < -0.3 is 9.79 Å². The van der Waals surface area contributed by atoms with E-state index < -0.39 is 18.9 Å². The van der Waals surface area contributed by atoms with Crippen LogP contribution in [0.2, 0.25) is 0 Å². The van der Waals surface area contributed by atoms with Crippen molar-refractivity contribution < 1.29 is 18.7 Å². The summed E-state index contributed by atoms with van der Waals surface area (Å²) in [5, 5.41) is -1.37. The Hall–Kier alpha value is 0.0800. The van der Waals surface area contributed by atoms with Gasteiger partial charge in [0, 0.05) is 0 Å². The van der Waals surface area contributed by atoms with E-state index >= 15 is 0 Å². The van der Waals surface area contributed by atoms with Gasteiger partial charge in [0.25, 0.3) is 0 Å². The molecule has 0 aromatic heterocycles. The molecule has 0 spiro atoms. The van der Waals surface area contributed by atoms with Gasteiger partial charge in [-0.1, -0.05) is 44.9 Å². The fourth-order valence-corrected chi connectivity index (χ4v) is 5.19. The van der Waals surface area contributed by atoms with E-state index in [-0.39, 0.29) is 0 Å². The molecule has 0 bridgehead atoms. The Morgan fingerprint density at radius 3 is 2.22 bits per heavy atom. The SMILES string of the molecule is O=P(O)(O)C1(CC2CCCCC2)CCCCC1F. The Bertz CT molecular complexity index is 324. The molecular formula is C13H24FO3P. The van der Waals surface area contributed by atoms with Gasteiger partial charge in [-0.05, 0) is 25.2 Å². The Morgan fingerprint density at radius 1 is 1.06 bits per heavy atom. The normalized spacial score (nSPS) is 35.6. The van der Waals surface area contributed by atoms with Crippen LogP contribution in [0.4, 0.5) is 4.39 Å². The maximum absolute atomic E-state index is 14.3. The third kappa shape index (κ3) is 2.81. The fourth-order valence-electron chi connectivity index (χ4n) is 3.75. The molecule has 18 heavy (non-hydrogen) atoms. The van der Waals surface area contributed by atoms with Crippen molar-refractivity contribution in [2.45, 2.75) is 75.5 Å². The zero-order chi connectivity index (χ0) is 13.2. The van der Waals surface area contributed by atoms with Crippen molar-refractivity contribution >= 4 is 7.60 Å². The second-order valence-corrected chi connectivity index (χ2v) is 8.05. The maximum Gasteiger partial charge on any atom is 0.334 e. The van der Waals surface area contributed by atoms with Crippen molar-refractivity contribution in [1.82, 2.24) is 0 Å². The Labute approximate surface area is 108 Å². The van der Waals surface area contributed by atoms with Crippen LogP contribution in [-0.2, 0) is 4.57 Å². The topological polar surface area (TPSA) is 57.5 Å². The quantitative estimate of drug-likeness (QED) is 0.772. The summed E-state index contributed by atoms with van der Waals surface area (Å²) in [6.45, 7) is 0. The first-order valence-electron chi connectivity index (χ1n) is 7.15. The van der Waals surface area contributed by atoms with Crippen LogP contribution in [0, 0.1) is 5.92 Å². The zero-order valence-corrected chi connectivity index (χ0v) is 11.7. The van der Waals surface area contributed by atoms with Gasteiger partial charge in [0.15, 0.2) is 0 Å². The van der Waals surface area contributed by atoms with Crippen LogP contribution in [0.15, 0.2) is 0 Å². The average Bonchev–Trinajstić information content (AvgIpc) is 2.32. The van der Waals surface area contributed by atoms with E-state index in [1.54, 1.807) is 0 Å². The van der Waals surface area contributed by atoms with Gasteiger partial charge in [0.05, 0.1) is 0 Å². The van der Waals surface area contributed by atoms with Gasteiger partial charge >= 0.3 is 7.60 Å². The third-order valence-corrected chi connectivity index (χ3v) is 6.69. The molecular weight excluding hydrogens is 254 g/mol. The first-order chi connectivity index (χ1) is 8.46. The van der Waals surface area contributed by atoms with Crippen molar-refractivity contribution in [2.75, 3.05) is 0 Å². The smallest absolute Gasteiger partial charge is 0.324 e. The molecule has 2 unspecified atom stereocenters. The summed E-state index contributed by atoms with van der Waals surface area (Å²) in [6.07, 6.45) is 6.71. The molecule has 5 heteroatoms. The number of hydrogen-bond donors (Lipinski definition) is 2. The molecule has 2 atom stereocenters. The molecule has 3 nitrogen and oxygen atoms in total. The molecule has 0 amide bonds. The molecule has 2 aliphatic carbocycles. The van der Waals surface area contributed by atoms with Crippen LogP contribution in [0.5, 0.6) is 0 Å². The highest BCUT2D eigenvalue weighted by Crippen LogP contribution is 2.62. The van der Waals surface area contributed by atoms with Crippen molar-refractivity contribution in [3.05, 3.63) is 0 Å². The summed E-state index contributed by atoms with van der Waals surface area (Å²) in [6, 6.07) is 0. The van der Waals surface area contributed by atoms with Gasteiger partial charge in [-0.25, -0.2) is 4.39 Å². The standard InChI is InChI=1S/C13H24FO3P/c14-12-8-4-5-9-13(12,18(15,16)17)10-11-6-2-1-3-7-11/h11-12H,1-10H2,(H2,15,16,17). The summed E-state index contributed by atoms with van der Waals surface area (Å²) in [4.78, 5) is 19.3. The minimum atomic E-state index is -4.37. The average molecular weight is 278 g/mol. The molecule has 2 aliphatic rings. The molecule has 0 aliphatic heterocycles. The van der Waals surface area contributed by atoms with E-state index in [4.69, 9.17) is 0 Å². The minimum Gasteiger partial charge on any atom is -0.324 e. The molecule has 2 N–H and O–H groups in total. The summed E-state index contributed by atoms with van der Waals surface area (Å²) in [5.74, 6) is 0.308. The maximum atomic E-state index is 14.3. The number of hydrogen-bond acceptors (Lipinski definition) is 1. The van der Waals surface area contributed by atoms with Crippen molar-refractivity contribution in [3.63, 3.8) is 0 Å². The first kappa shape index (κ1) is 14.5. The highest BCUT2D eigenvalue weighted by molar-refractivity contribution is 7.53. The largest absolute Gasteiger partial charge is 0.334 e. The van der Waals surface area contributed by atoms with Gasteiger partial charge in [-0.15, -0.1) is 0 Å². The monoisotopic (exact) mass is 278 g/mol. The van der Waals surface area contributed by atoms with Gasteiger partial charge in [0.2, 0.25) is 0 Å². The van der Waals surface area contributed by atoms with E-state index in [1.165, 1.54) is 6.42 Å². The summed E-state index contributed by atoms with van der Waals surface area (Å²) >= 11 is 0. The van der Waals surface area contributed by atoms with Crippen molar-refractivity contribution in [2.24, 2.45) is 5.92 Å². The van der Waals surface area contributed by atoms with E-state index in [1.807, 2.05) is 0 Å². The number of alkyl halides is 1. The van der Waals surface area contributed by atoms with Crippen molar-refractivity contribution in [1.29, 1.82) is 0 Å². The fraction of sp³-hybridized carbons (Fsp3) is 1.00. The Balaban J connectivity index is 2.16. The molecule has 2 saturated carbocycles. The van der Waals surface area contributed by atoms with Crippen LogP contribution >= 0.6 is 7.60 Å².